The van der Waals surface area contributed by atoms with E-state index < -0.39 is 8.80 Å². The average Bonchev–Trinajstić information content (AvgIpc) is 1.94. The van der Waals surface area contributed by atoms with Gasteiger partial charge in [-0.25, -0.2) is 0 Å². The lowest BCUT2D eigenvalue weighted by Crippen LogP contribution is -2.23. The molecule has 0 aromatic heterocycles. The van der Waals surface area contributed by atoms with Gasteiger partial charge in [0.15, 0.2) is 0 Å². The van der Waals surface area contributed by atoms with Crippen molar-refractivity contribution in [2.24, 2.45) is 0 Å². The van der Waals surface area contributed by atoms with E-state index in [1.807, 2.05) is 0 Å². The van der Waals surface area contributed by atoms with Crippen LogP contribution in [-0.2, 0) is 0 Å². The molecule has 0 saturated carbocycles. The van der Waals surface area contributed by atoms with Gasteiger partial charge in [0.2, 0.25) is 0 Å². The van der Waals surface area contributed by atoms with Gasteiger partial charge in [-0.2, -0.15) is 0 Å². The minimum atomic E-state index is -0.673. The third kappa shape index (κ3) is 2.17. The van der Waals surface area contributed by atoms with Gasteiger partial charge in [-0.3, -0.25) is 0 Å². The highest BCUT2D eigenvalue weighted by Gasteiger charge is 2.06. The molecule has 0 atom stereocenters. The number of rotatable bonds is 1. The molecule has 60 valence electrons. The Morgan fingerprint density at radius 3 is 2.27 bits per heavy atom. The molecule has 0 saturated heterocycles. The van der Waals surface area contributed by atoms with Crippen molar-refractivity contribution in [1.29, 1.82) is 0 Å². The molecule has 0 aliphatic carbocycles. The molecule has 1 aromatic rings. The Hall–Kier alpha value is 0.397. The Bertz CT molecular complexity index is 258. The Balaban J connectivity index is 3.17. The third-order valence-corrected chi connectivity index (χ3v) is 5.83. The fourth-order valence-electron chi connectivity index (χ4n) is 0.966. The molecule has 0 spiro atoms. The molecular formula is C8H10Br2Si. The summed E-state index contributed by atoms with van der Waals surface area (Å²) in [7, 11) is -0.673. The van der Waals surface area contributed by atoms with Gasteiger partial charge in [-0.05, 0) is 43.1 Å². The van der Waals surface area contributed by atoms with Crippen LogP contribution < -0.4 is 5.19 Å². The third-order valence-electron chi connectivity index (χ3n) is 1.60. The smallest absolute Gasteiger partial charge is 0.0662 e. The van der Waals surface area contributed by atoms with E-state index in [2.05, 4.69) is 63.2 Å². The van der Waals surface area contributed by atoms with Gasteiger partial charge in [0.1, 0.15) is 0 Å². The van der Waals surface area contributed by atoms with E-state index in [1.165, 1.54) is 9.66 Å². The van der Waals surface area contributed by atoms with E-state index in [0.717, 1.165) is 4.47 Å². The molecule has 0 aliphatic heterocycles. The zero-order valence-electron chi connectivity index (χ0n) is 6.57. The van der Waals surface area contributed by atoms with Crippen molar-refractivity contribution in [3.8, 4) is 0 Å². The molecule has 1 aromatic carbocycles. The molecule has 0 fully saturated rings. The molecule has 0 N–H and O–H groups in total. The van der Waals surface area contributed by atoms with Crippen LogP contribution in [0.4, 0.5) is 0 Å². The molecule has 0 radical (unpaired) electrons. The predicted molar refractivity (Wildman–Crippen MR) is 60.4 cm³/mol. The second-order valence-corrected chi connectivity index (χ2v) is 7.38. The van der Waals surface area contributed by atoms with Crippen LogP contribution in [0.1, 0.15) is 0 Å². The summed E-state index contributed by atoms with van der Waals surface area (Å²) < 4.78 is 2.40. The standard InChI is InChI=1S/C8H10Br2Si/c1-11(2)7-5-3-4-6(9)8(7)10/h3-5,11H,1-2H3. The minimum Gasteiger partial charge on any atom is -0.0682 e. The van der Waals surface area contributed by atoms with E-state index in [9.17, 15) is 0 Å². The van der Waals surface area contributed by atoms with E-state index in [4.69, 9.17) is 0 Å². The first-order valence-corrected chi connectivity index (χ1v) is 8.04. The second-order valence-electron chi connectivity index (χ2n) is 2.80. The van der Waals surface area contributed by atoms with Gasteiger partial charge in [-0.15, -0.1) is 0 Å². The maximum Gasteiger partial charge on any atom is 0.0662 e. The predicted octanol–water partition coefficient (Wildman–Crippen LogP) is 2.91. The summed E-state index contributed by atoms with van der Waals surface area (Å²) in [4.78, 5) is 0. The van der Waals surface area contributed by atoms with Crippen molar-refractivity contribution in [3.63, 3.8) is 0 Å². The first kappa shape index (κ1) is 9.48. The number of halogens is 2. The summed E-state index contributed by atoms with van der Waals surface area (Å²) in [5.41, 5.74) is 0. The lowest BCUT2D eigenvalue weighted by atomic mass is 10.4. The highest BCUT2D eigenvalue weighted by Crippen LogP contribution is 2.20. The Kier molecular flexibility index (Phi) is 3.34. The van der Waals surface area contributed by atoms with Crippen LogP contribution >= 0.6 is 31.9 Å². The normalized spacial score (nSPS) is 10.6. The van der Waals surface area contributed by atoms with Crippen LogP contribution in [0, 0.1) is 0 Å². The van der Waals surface area contributed by atoms with Gasteiger partial charge < -0.3 is 0 Å². The molecule has 0 bridgehead atoms. The van der Waals surface area contributed by atoms with Crippen molar-refractivity contribution in [2.45, 2.75) is 13.1 Å². The number of benzene rings is 1. The molecule has 0 amide bonds. The van der Waals surface area contributed by atoms with E-state index >= 15 is 0 Å². The van der Waals surface area contributed by atoms with E-state index in [1.54, 1.807) is 0 Å². The molecule has 11 heavy (non-hydrogen) atoms. The minimum absolute atomic E-state index is 0.673. The molecule has 3 heteroatoms. The average molecular weight is 294 g/mol. The van der Waals surface area contributed by atoms with Crippen molar-refractivity contribution in [3.05, 3.63) is 27.1 Å². The summed E-state index contributed by atoms with van der Waals surface area (Å²) >= 11 is 7.06. The zero-order chi connectivity index (χ0) is 8.43. The Labute approximate surface area is 85.9 Å². The molecule has 1 rings (SSSR count). The fourth-order valence-corrected chi connectivity index (χ4v) is 4.36. The van der Waals surface area contributed by atoms with Crippen molar-refractivity contribution in [1.82, 2.24) is 0 Å². The van der Waals surface area contributed by atoms with Crippen molar-refractivity contribution in [2.75, 3.05) is 0 Å². The topological polar surface area (TPSA) is 0 Å². The monoisotopic (exact) mass is 292 g/mol. The summed E-state index contributed by atoms with van der Waals surface area (Å²) in [6, 6.07) is 6.35. The second kappa shape index (κ2) is 3.87. The highest BCUT2D eigenvalue weighted by molar-refractivity contribution is 9.13. The number of hydrogen-bond acceptors (Lipinski definition) is 0. The van der Waals surface area contributed by atoms with Crippen LogP contribution in [0.3, 0.4) is 0 Å². The Morgan fingerprint density at radius 1 is 1.18 bits per heavy atom. The van der Waals surface area contributed by atoms with Crippen molar-refractivity contribution >= 4 is 45.8 Å². The van der Waals surface area contributed by atoms with E-state index in [-0.39, 0.29) is 0 Å². The zero-order valence-corrected chi connectivity index (χ0v) is 10.9. The van der Waals surface area contributed by atoms with Crippen LogP contribution in [-0.4, -0.2) is 8.80 Å². The molecule has 0 nitrogen and oxygen atoms in total. The van der Waals surface area contributed by atoms with Crippen LogP contribution in [0.15, 0.2) is 27.1 Å². The Morgan fingerprint density at radius 2 is 1.82 bits per heavy atom. The fraction of sp³-hybridized carbons (Fsp3) is 0.250. The SMILES string of the molecule is C[SiH](C)c1cccc(Br)c1Br. The maximum absolute atomic E-state index is 3.57. The first-order valence-electron chi connectivity index (χ1n) is 3.57. The molecular weight excluding hydrogens is 284 g/mol. The lowest BCUT2D eigenvalue weighted by Gasteiger charge is -2.07. The molecule has 0 aliphatic rings. The molecule has 0 heterocycles. The first-order chi connectivity index (χ1) is 5.13. The van der Waals surface area contributed by atoms with E-state index in [0.29, 0.717) is 0 Å². The molecule has 0 unspecified atom stereocenters. The summed E-state index contributed by atoms with van der Waals surface area (Å²) in [6.45, 7) is 4.65. The van der Waals surface area contributed by atoms with Gasteiger partial charge >= 0.3 is 0 Å². The maximum atomic E-state index is 3.57. The quantitative estimate of drug-likeness (QED) is 0.699. The largest absolute Gasteiger partial charge is 0.0682 e. The summed E-state index contributed by atoms with van der Waals surface area (Å²) in [6.07, 6.45) is 0. The van der Waals surface area contributed by atoms with Crippen molar-refractivity contribution < 1.29 is 0 Å². The van der Waals surface area contributed by atoms with Gasteiger partial charge in [-0.1, -0.05) is 25.2 Å². The number of hydrogen-bond donors (Lipinski definition) is 0. The van der Waals surface area contributed by atoms with Gasteiger partial charge in [0.05, 0.1) is 8.80 Å². The van der Waals surface area contributed by atoms with Crippen LogP contribution in [0.2, 0.25) is 13.1 Å². The van der Waals surface area contributed by atoms with Gasteiger partial charge in [0.25, 0.3) is 0 Å². The summed E-state index contributed by atoms with van der Waals surface area (Å²) in [5.74, 6) is 0. The highest BCUT2D eigenvalue weighted by atomic mass is 79.9. The van der Waals surface area contributed by atoms with Crippen LogP contribution in [0.5, 0.6) is 0 Å². The summed E-state index contributed by atoms with van der Waals surface area (Å²) in [5, 5.41) is 1.49. The lowest BCUT2D eigenvalue weighted by molar-refractivity contribution is 1.62. The van der Waals surface area contributed by atoms with Gasteiger partial charge in [0, 0.05) is 8.95 Å². The van der Waals surface area contributed by atoms with Crippen LogP contribution in [0.25, 0.3) is 0 Å².